The molecule has 0 aliphatic rings. The number of hydrogen-bond donors (Lipinski definition) is 2. The van der Waals surface area contributed by atoms with Crippen molar-refractivity contribution in [1.29, 1.82) is 0 Å². The fraction of sp³-hybridized carbons (Fsp3) is 0.0625. The van der Waals surface area contributed by atoms with Crippen LogP contribution in [-0.2, 0) is 4.79 Å². The quantitative estimate of drug-likeness (QED) is 0.726. The molecule has 24 heavy (non-hydrogen) atoms. The van der Waals surface area contributed by atoms with Gasteiger partial charge in [-0.25, -0.2) is 4.98 Å². The number of carbonyl (C=O) groups excluding carboxylic acids is 2. The van der Waals surface area contributed by atoms with Gasteiger partial charge in [0.2, 0.25) is 5.91 Å². The van der Waals surface area contributed by atoms with E-state index in [4.69, 9.17) is 16.0 Å². The Kier molecular flexibility index (Phi) is 4.64. The van der Waals surface area contributed by atoms with Crippen molar-refractivity contribution in [1.82, 2.24) is 4.98 Å². The number of rotatable bonds is 4. The summed E-state index contributed by atoms with van der Waals surface area (Å²) < 4.78 is 5.26. The Labute approximate surface area is 146 Å². The number of anilines is 2. The summed E-state index contributed by atoms with van der Waals surface area (Å²) >= 11 is 7.32. The third-order valence-electron chi connectivity index (χ3n) is 3.00. The fourth-order valence-electron chi connectivity index (χ4n) is 1.98. The van der Waals surface area contributed by atoms with Gasteiger partial charge in [-0.3, -0.25) is 9.59 Å². The van der Waals surface area contributed by atoms with E-state index in [1.54, 1.807) is 42.0 Å². The molecule has 0 saturated carbocycles. The first-order valence-electron chi connectivity index (χ1n) is 6.91. The van der Waals surface area contributed by atoms with Crippen LogP contribution in [0.15, 0.2) is 46.4 Å². The largest absolute Gasteiger partial charge is 0.462 e. The van der Waals surface area contributed by atoms with Crippen LogP contribution in [0.5, 0.6) is 0 Å². The summed E-state index contributed by atoms with van der Waals surface area (Å²) in [5.74, 6) is 0.00149. The first-order valence-corrected chi connectivity index (χ1v) is 8.16. The van der Waals surface area contributed by atoms with E-state index in [1.165, 1.54) is 18.3 Å². The van der Waals surface area contributed by atoms with Gasteiger partial charge in [-0.2, -0.15) is 0 Å². The van der Waals surface area contributed by atoms with Crippen LogP contribution in [0, 0.1) is 0 Å². The molecule has 0 saturated heterocycles. The molecule has 2 amide bonds. The second-order valence-electron chi connectivity index (χ2n) is 4.85. The van der Waals surface area contributed by atoms with Gasteiger partial charge in [-0.05, 0) is 30.3 Å². The average molecular weight is 362 g/mol. The summed E-state index contributed by atoms with van der Waals surface area (Å²) in [5.41, 5.74) is 1.21. The summed E-state index contributed by atoms with van der Waals surface area (Å²) in [6.45, 7) is 1.38. The molecule has 3 rings (SSSR count). The molecule has 3 aromatic rings. The van der Waals surface area contributed by atoms with Gasteiger partial charge in [-0.15, -0.1) is 11.3 Å². The van der Waals surface area contributed by atoms with Gasteiger partial charge in [0.1, 0.15) is 5.69 Å². The Morgan fingerprint density at radius 1 is 1.25 bits per heavy atom. The van der Waals surface area contributed by atoms with Gasteiger partial charge >= 0.3 is 0 Å². The Bertz CT molecular complexity index is 890. The predicted octanol–water partition coefficient (Wildman–Crippen LogP) is 4.27. The number of thiazole rings is 1. The molecule has 2 N–H and O–H groups in total. The third kappa shape index (κ3) is 3.64. The first-order chi connectivity index (χ1) is 11.5. The van der Waals surface area contributed by atoms with Gasteiger partial charge < -0.3 is 15.1 Å². The van der Waals surface area contributed by atoms with E-state index >= 15 is 0 Å². The molecule has 6 nitrogen and oxygen atoms in total. The maximum atomic E-state index is 12.3. The van der Waals surface area contributed by atoms with Crippen LogP contribution >= 0.6 is 22.9 Å². The topological polar surface area (TPSA) is 84.2 Å². The molecule has 0 aliphatic heterocycles. The highest BCUT2D eigenvalue weighted by Crippen LogP contribution is 2.27. The van der Waals surface area contributed by atoms with E-state index in [2.05, 4.69) is 15.6 Å². The number of furan rings is 1. The van der Waals surface area contributed by atoms with E-state index in [1.807, 2.05) is 0 Å². The van der Waals surface area contributed by atoms with Gasteiger partial charge in [0.05, 0.1) is 17.0 Å². The summed E-state index contributed by atoms with van der Waals surface area (Å²) in [4.78, 5) is 27.7. The monoisotopic (exact) mass is 361 g/mol. The average Bonchev–Trinajstić information content (AvgIpc) is 3.20. The second-order valence-corrected chi connectivity index (χ2v) is 6.11. The van der Waals surface area contributed by atoms with E-state index in [0.717, 1.165) is 0 Å². The van der Waals surface area contributed by atoms with Crippen molar-refractivity contribution in [3.05, 3.63) is 52.7 Å². The van der Waals surface area contributed by atoms with Crippen LogP contribution < -0.4 is 10.6 Å². The van der Waals surface area contributed by atoms with Crippen LogP contribution in [0.1, 0.15) is 17.4 Å². The SMILES string of the molecule is CC(=O)Nc1cc(NC(=O)c2csc(-c3ccco3)n2)ccc1Cl. The van der Waals surface area contributed by atoms with Crippen molar-refractivity contribution < 1.29 is 14.0 Å². The highest BCUT2D eigenvalue weighted by molar-refractivity contribution is 7.13. The number of benzene rings is 1. The molecule has 0 aliphatic carbocycles. The molecule has 0 unspecified atom stereocenters. The van der Waals surface area contributed by atoms with Crippen LogP contribution in [0.4, 0.5) is 11.4 Å². The minimum atomic E-state index is -0.361. The van der Waals surface area contributed by atoms with Crippen LogP contribution in [0.2, 0.25) is 5.02 Å². The third-order valence-corrected chi connectivity index (χ3v) is 4.19. The molecular weight excluding hydrogens is 350 g/mol. The number of carbonyl (C=O) groups is 2. The summed E-state index contributed by atoms with van der Waals surface area (Å²) in [6.07, 6.45) is 1.55. The van der Waals surface area contributed by atoms with Crippen molar-refractivity contribution in [3.63, 3.8) is 0 Å². The summed E-state index contributed by atoms with van der Waals surface area (Å²) in [7, 11) is 0. The molecular formula is C16H12ClN3O3S. The highest BCUT2D eigenvalue weighted by atomic mass is 35.5. The molecule has 122 valence electrons. The molecule has 0 radical (unpaired) electrons. The minimum Gasteiger partial charge on any atom is -0.462 e. The number of aromatic nitrogens is 1. The van der Waals surface area contributed by atoms with Gasteiger partial charge in [0, 0.05) is 18.0 Å². The Balaban J connectivity index is 1.76. The molecule has 0 atom stereocenters. The number of nitrogens with one attached hydrogen (secondary N) is 2. The van der Waals surface area contributed by atoms with Crippen molar-refractivity contribution in [2.75, 3.05) is 10.6 Å². The predicted molar refractivity (Wildman–Crippen MR) is 93.5 cm³/mol. The number of halogens is 1. The molecule has 0 spiro atoms. The normalized spacial score (nSPS) is 10.4. The second kappa shape index (κ2) is 6.86. The number of nitrogens with zero attached hydrogens (tertiary/aromatic N) is 1. The van der Waals surface area contributed by atoms with Crippen LogP contribution in [-0.4, -0.2) is 16.8 Å². The Hall–Kier alpha value is -2.64. The van der Waals surface area contributed by atoms with E-state index in [9.17, 15) is 9.59 Å². The Morgan fingerprint density at radius 3 is 2.79 bits per heavy atom. The van der Waals surface area contributed by atoms with Crippen molar-refractivity contribution in [3.8, 4) is 10.8 Å². The smallest absolute Gasteiger partial charge is 0.275 e. The lowest BCUT2D eigenvalue weighted by atomic mass is 10.2. The number of amides is 2. The summed E-state index contributed by atoms with van der Waals surface area (Å²) in [5, 5.41) is 7.99. The highest BCUT2D eigenvalue weighted by Gasteiger charge is 2.14. The van der Waals surface area contributed by atoms with Crippen molar-refractivity contribution >= 4 is 46.1 Å². The lowest BCUT2D eigenvalue weighted by molar-refractivity contribution is -0.114. The lowest BCUT2D eigenvalue weighted by Crippen LogP contribution is -2.13. The van der Waals surface area contributed by atoms with Gasteiger partial charge in [0.25, 0.3) is 5.91 Å². The fourth-order valence-corrected chi connectivity index (χ4v) is 2.91. The first kappa shape index (κ1) is 16.2. The molecule has 2 heterocycles. The lowest BCUT2D eigenvalue weighted by Gasteiger charge is -2.08. The maximum absolute atomic E-state index is 12.3. The standard InChI is InChI=1S/C16H12ClN3O3S/c1-9(21)18-12-7-10(4-5-11(12)17)19-15(22)13-8-24-16(20-13)14-3-2-6-23-14/h2-8H,1H3,(H,18,21)(H,19,22). The number of hydrogen-bond acceptors (Lipinski definition) is 5. The Morgan fingerprint density at radius 2 is 2.08 bits per heavy atom. The molecule has 1 aromatic carbocycles. The van der Waals surface area contributed by atoms with E-state index in [-0.39, 0.29) is 17.5 Å². The van der Waals surface area contributed by atoms with Crippen LogP contribution in [0.3, 0.4) is 0 Å². The van der Waals surface area contributed by atoms with Crippen molar-refractivity contribution in [2.24, 2.45) is 0 Å². The molecule has 0 bridgehead atoms. The zero-order valence-corrected chi connectivity index (χ0v) is 14.1. The zero-order valence-electron chi connectivity index (χ0n) is 12.5. The molecule has 2 aromatic heterocycles. The van der Waals surface area contributed by atoms with Gasteiger partial charge in [0.15, 0.2) is 10.8 Å². The maximum Gasteiger partial charge on any atom is 0.275 e. The van der Waals surface area contributed by atoms with E-state index in [0.29, 0.717) is 27.2 Å². The summed E-state index contributed by atoms with van der Waals surface area (Å²) in [6, 6.07) is 8.36. The molecule has 8 heteroatoms. The minimum absolute atomic E-state index is 0.247. The zero-order chi connectivity index (χ0) is 17.1. The van der Waals surface area contributed by atoms with Crippen LogP contribution in [0.25, 0.3) is 10.8 Å². The van der Waals surface area contributed by atoms with E-state index < -0.39 is 0 Å². The van der Waals surface area contributed by atoms with Gasteiger partial charge in [-0.1, -0.05) is 11.6 Å². The molecule has 0 fully saturated rings. The van der Waals surface area contributed by atoms with Crippen molar-refractivity contribution in [2.45, 2.75) is 6.92 Å².